The maximum Gasteiger partial charge on any atom is 0.573 e. The van der Waals surface area contributed by atoms with Crippen LogP contribution >= 0.6 is 0 Å². The van der Waals surface area contributed by atoms with E-state index in [4.69, 9.17) is 0 Å². The second kappa shape index (κ2) is 7.15. The van der Waals surface area contributed by atoms with Crippen LogP contribution in [0.3, 0.4) is 0 Å². The zero-order valence-electron chi connectivity index (χ0n) is 14.3. The maximum atomic E-state index is 12.2. The quantitative estimate of drug-likeness (QED) is 0.517. The number of anilines is 2. The van der Waals surface area contributed by atoms with Crippen molar-refractivity contribution in [3.05, 3.63) is 73.2 Å². The van der Waals surface area contributed by atoms with Crippen LogP contribution in [0, 0.1) is 0 Å². The molecule has 2 aromatic heterocycles. The number of aromatic nitrogens is 3. The number of nitrogens with one attached hydrogen (secondary N) is 1. The molecule has 28 heavy (non-hydrogen) atoms. The van der Waals surface area contributed by atoms with Gasteiger partial charge in [0.2, 0.25) is 0 Å². The van der Waals surface area contributed by atoms with Crippen molar-refractivity contribution < 1.29 is 17.9 Å². The second-order valence-electron chi connectivity index (χ2n) is 5.86. The predicted octanol–water partition coefficient (Wildman–Crippen LogP) is 5.33. The van der Waals surface area contributed by atoms with Crippen molar-refractivity contribution >= 4 is 22.4 Å². The minimum absolute atomic E-state index is 0.287. The van der Waals surface area contributed by atoms with Gasteiger partial charge in [-0.05, 0) is 36.4 Å². The third-order valence-corrected chi connectivity index (χ3v) is 3.95. The molecular weight excluding hydrogens is 369 g/mol. The number of hydrogen-bond donors (Lipinski definition) is 1. The highest BCUT2D eigenvalue weighted by atomic mass is 19.4. The molecule has 8 heteroatoms. The maximum absolute atomic E-state index is 12.2. The molecule has 1 N–H and O–H groups in total. The minimum Gasteiger partial charge on any atom is -0.406 e. The number of benzene rings is 2. The van der Waals surface area contributed by atoms with Gasteiger partial charge in [0.1, 0.15) is 17.9 Å². The Morgan fingerprint density at radius 1 is 0.857 bits per heavy atom. The number of nitrogens with zero attached hydrogens (tertiary/aromatic N) is 3. The monoisotopic (exact) mass is 382 g/mol. The lowest BCUT2D eigenvalue weighted by atomic mass is 10.1. The Morgan fingerprint density at radius 3 is 2.46 bits per heavy atom. The highest BCUT2D eigenvalue weighted by Gasteiger charge is 2.30. The van der Waals surface area contributed by atoms with E-state index in [0.717, 1.165) is 16.5 Å². The van der Waals surface area contributed by atoms with Crippen LogP contribution in [-0.4, -0.2) is 21.3 Å². The average Bonchev–Trinajstić information content (AvgIpc) is 2.68. The second-order valence-corrected chi connectivity index (χ2v) is 5.86. The predicted molar refractivity (Wildman–Crippen MR) is 99.2 cm³/mol. The first-order chi connectivity index (χ1) is 13.5. The van der Waals surface area contributed by atoms with Crippen molar-refractivity contribution in [2.75, 3.05) is 5.32 Å². The molecule has 0 atom stereocenters. The van der Waals surface area contributed by atoms with Gasteiger partial charge in [0.05, 0.1) is 11.2 Å². The van der Waals surface area contributed by atoms with E-state index in [-0.39, 0.29) is 5.75 Å². The van der Waals surface area contributed by atoms with Crippen molar-refractivity contribution in [2.24, 2.45) is 0 Å². The van der Waals surface area contributed by atoms with E-state index in [1.807, 2.05) is 30.3 Å². The molecule has 0 fully saturated rings. The van der Waals surface area contributed by atoms with E-state index in [9.17, 15) is 13.2 Å². The van der Waals surface area contributed by atoms with Crippen molar-refractivity contribution in [1.29, 1.82) is 0 Å². The lowest BCUT2D eigenvalue weighted by molar-refractivity contribution is -0.274. The molecule has 0 radical (unpaired) electrons. The number of hydrogen-bond acceptors (Lipinski definition) is 5. The van der Waals surface area contributed by atoms with E-state index in [1.54, 1.807) is 12.3 Å². The zero-order chi connectivity index (χ0) is 19.6. The molecule has 0 saturated heterocycles. The molecule has 2 aromatic carbocycles. The normalized spacial score (nSPS) is 11.4. The van der Waals surface area contributed by atoms with E-state index in [1.165, 1.54) is 30.6 Å². The Morgan fingerprint density at radius 2 is 1.68 bits per heavy atom. The van der Waals surface area contributed by atoms with Crippen LogP contribution in [-0.2, 0) is 0 Å². The Balaban J connectivity index is 1.59. The molecule has 2 heterocycles. The summed E-state index contributed by atoms with van der Waals surface area (Å²) in [5.41, 5.74) is 3.03. The van der Waals surface area contributed by atoms with Crippen molar-refractivity contribution in [1.82, 2.24) is 15.0 Å². The first kappa shape index (κ1) is 17.7. The van der Waals surface area contributed by atoms with Crippen LogP contribution < -0.4 is 10.1 Å². The fourth-order valence-corrected chi connectivity index (χ4v) is 2.79. The number of alkyl halides is 3. The highest BCUT2D eigenvalue weighted by Crippen LogP contribution is 2.28. The van der Waals surface area contributed by atoms with Crippen LogP contribution in [0.4, 0.5) is 24.7 Å². The molecule has 0 aliphatic rings. The van der Waals surface area contributed by atoms with Gasteiger partial charge in [0, 0.05) is 28.9 Å². The molecule has 140 valence electrons. The summed E-state index contributed by atoms with van der Waals surface area (Å²) in [5.74, 6) is 0.222. The molecule has 0 amide bonds. The third kappa shape index (κ3) is 4.01. The summed E-state index contributed by atoms with van der Waals surface area (Å²) in [7, 11) is 0. The highest BCUT2D eigenvalue weighted by molar-refractivity contribution is 5.93. The van der Waals surface area contributed by atoms with E-state index in [0.29, 0.717) is 17.2 Å². The molecule has 0 bridgehead atoms. The lowest BCUT2D eigenvalue weighted by Crippen LogP contribution is -2.16. The zero-order valence-corrected chi connectivity index (χ0v) is 14.3. The van der Waals surface area contributed by atoms with Gasteiger partial charge < -0.3 is 10.1 Å². The van der Waals surface area contributed by atoms with Gasteiger partial charge in [-0.25, -0.2) is 9.97 Å². The van der Waals surface area contributed by atoms with Crippen molar-refractivity contribution in [3.8, 4) is 17.0 Å². The fraction of sp³-hybridized carbons (Fsp3) is 0.0500. The van der Waals surface area contributed by atoms with Gasteiger partial charge >= 0.3 is 6.36 Å². The molecular formula is C20H13F3N4O. The molecule has 0 unspecified atom stereocenters. The standard InChI is InChI=1S/C20H13F3N4O/c21-20(22,23)28-14-8-6-13(7-9-14)27-19-11-18(25-12-26-19)16-3-1-5-17-15(16)4-2-10-24-17/h1-12H,(H,25,26,27). The number of ether oxygens (including phenoxy) is 1. The van der Waals surface area contributed by atoms with E-state index in [2.05, 4.69) is 25.0 Å². The summed E-state index contributed by atoms with van der Waals surface area (Å²) in [5, 5.41) is 4.01. The summed E-state index contributed by atoms with van der Waals surface area (Å²) >= 11 is 0. The Kier molecular flexibility index (Phi) is 4.52. The van der Waals surface area contributed by atoms with Crippen LogP contribution in [0.25, 0.3) is 22.2 Å². The summed E-state index contributed by atoms with van der Waals surface area (Å²) < 4.78 is 40.6. The molecule has 0 aliphatic carbocycles. The van der Waals surface area contributed by atoms with Gasteiger partial charge in [0.15, 0.2) is 0 Å². The topological polar surface area (TPSA) is 59.9 Å². The summed E-state index contributed by atoms with van der Waals surface area (Å²) in [6.45, 7) is 0. The lowest BCUT2D eigenvalue weighted by Gasteiger charge is -2.11. The van der Waals surface area contributed by atoms with Crippen molar-refractivity contribution in [3.63, 3.8) is 0 Å². The number of rotatable bonds is 4. The first-order valence-electron chi connectivity index (χ1n) is 8.27. The number of pyridine rings is 1. The molecule has 4 rings (SSSR count). The van der Waals surface area contributed by atoms with Gasteiger partial charge in [-0.15, -0.1) is 13.2 Å². The SMILES string of the molecule is FC(F)(F)Oc1ccc(Nc2cc(-c3cccc4ncccc34)ncn2)cc1. The molecule has 4 aromatic rings. The van der Waals surface area contributed by atoms with E-state index >= 15 is 0 Å². The van der Waals surface area contributed by atoms with Crippen LogP contribution in [0.2, 0.25) is 0 Å². The Labute approximate surface area is 157 Å². The van der Waals surface area contributed by atoms with Gasteiger partial charge in [-0.1, -0.05) is 18.2 Å². The summed E-state index contributed by atoms with van der Waals surface area (Å²) in [6.07, 6.45) is -1.57. The molecule has 5 nitrogen and oxygen atoms in total. The minimum atomic E-state index is -4.72. The first-order valence-corrected chi connectivity index (χ1v) is 8.27. The fourth-order valence-electron chi connectivity index (χ4n) is 2.79. The Hall–Kier alpha value is -3.68. The van der Waals surface area contributed by atoms with E-state index < -0.39 is 6.36 Å². The summed E-state index contributed by atoms with van der Waals surface area (Å²) in [4.78, 5) is 12.8. The number of fused-ring (bicyclic) bond motifs is 1. The molecule has 0 spiro atoms. The summed E-state index contributed by atoms with van der Waals surface area (Å²) in [6, 6.07) is 16.8. The largest absolute Gasteiger partial charge is 0.573 e. The van der Waals surface area contributed by atoms with Crippen molar-refractivity contribution in [2.45, 2.75) is 6.36 Å². The third-order valence-electron chi connectivity index (χ3n) is 3.95. The molecule has 0 saturated carbocycles. The van der Waals surface area contributed by atoms with Gasteiger partial charge in [-0.3, -0.25) is 4.98 Å². The van der Waals surface area contributed by atoms with Crippen LogP contribution in [0.5, 0.6) is 5.75 Å². The Bertz CT molecular complexity index is 1110. The molecule has 0 aliphatic heterocycles. The van der Waals surface area contributed by atoms with Crippen LogP contribution in [0.15, 0.2) is 73.2 Å². The average molecular weight is 382 g/mol. The smallest absolute Gasteiger partial charge is 0.406 e. The number of halogens is 3. The van der Waals surface area contributed by atoms with Gasteiger partial charge in [-0.2, -0.15) is 0 Å². The van der Waals surface area contributed by atoms with Gasteiger partial charge in [0.25, 0.3) is 0 Å². The van der Waals surface area contributed by atoms with Crippen LogP contribution in [0.1, 0.15) is 0 Å².